The molecule has 86 valence electrons. The van der Waals surface area contributed by atoms with Crippen LogP contribution in [-0.4, -0.2) is 14.6 Å². The smallest absolute Gasteiger partial charge is 0.157 e. The highest BCUT2D eigenvalue weighted by atomic mass is 35.5. The molecule has 0 saturated heterocycles. The summed E-state index contributed by atoms with van der Waals surface area (Å²) in [5, 5.41) is 5.03. The SMILES string of the molecule is CCCc1cc(Cl)n2nc(C(C)C)nc2c1. The van der Waals surface area contributed by atoms with Gasteiger partial charge in [0, 0.05) is 5.92 Å². The van der Waals surface area contributed by atoms with Crippen LogP contribution in [-0.2, 0) is 6.42 Å². The zero-order valence-electron chi connectivity index (χ0n) is 9.87. The molecule has 2 aromatic rings. The van der Waals surface area contributed by atoms with E-state index in [1.807, 2.05) is 6.07 Å². The van der Waals surface area contributed by atoms with Gasteiger partial charge in [-0.1, -0.05) is 38.8 Å². The monoisotopic (exact) mass is 237 g/mol. The maximum atomic E-state index is 6.18. The minimum absolute atomic E-state index is 0.325. The third-order valence-electron chi connectivity index (χ3n) is 2.52. The molecule has 2 rings (SSSR count). The molecule has 0 spiro atoms. The first-order valence-corrected chi connectivity index (χ1v) is 6.04. The van der Waals surface area contributed by atoms with Crippen molar-refractivity contribution in [2.24, 2.45) is 0 Å². The van der Waals surface area contributed by atoms with Gasteiger partial charge in [-0.2, -0.15) is 0 Å². The number of aryl methyl sites for hydroxylation is 1. The quantitative estimate of drug-likeness (QED) is 0.766. The number of pyridine rings is 1. The molecule has 0 saturated carbocycles. The Morgan fingerprint density at radius 1 is 1.38 bits per heavy atom. The second kappa shape index (κ2) is 4.42. The van der Waals surface area contributed by atoms with E-state index in [0.29, 0.717) is 11.1 Å². The molecule has 0 unspecified atom stereocenters. The van der Waals surface area contributed by atoms with E-state index in [4.69, 9.17) is 11.6 Å². The van der Waals surface area contributed by atoms with Gasteiger partial charge in [0.05, 0.1) is 0 Å². The zero-order valence-corrected chi connectivity index (χ0v) is 10.6. The molecule has 0 amide bonds. The molecule has 0 radical (unpaired) electrons. The van der Waals surface area contributed by atoms with Gasteiger partial charge in [0.25, 0.3) is 0 Å². The molecular formula is C12H16ClN3. The van der Waals surface area contributed by atoms with Crippen LogP contribution in [0.3, 0.4) is 0 Å². The van der Waals surface area contributed by atoms with E-state index >= 15 is 0 Å². The maximum absolute atomic E-state index is 6.18. The van der Waals surface area contributed by atoms with Gasteiger partial charge in [-0.3, -0.25) is 0 Å². The normalized spacial score (nSPS) is 11.6. The van der Waals surface area contributed by atoms with Crippen molar-refractivity contribution in [3.8, 4) is 0 Å². The number of rotatable bonds is 3. The number of fused-ring (bicyclic) bond motifs is 1. The summed E-state index contributed by atoms with van der Waals surface area (Å²) in [5.74, 6) is 1.17. The Kier molecular flexibility index (Phi) is 3.15. The van der Waals surface area contributed by atoms with Crippen molar-refractivity contribution in [1.29, 1.82) is 0 Å². The predicted octanol–water partition coefficient (Wildman–Crippen LogP) is 3.46. The highest BCUT2D eigenvalue weighted by Crippen LogP contribution is 2.18. The average molecular weight is 238 g/mol. The van der Waals surface area contributed by atoms with Crippen LogP contribution in [0.5, 0.6) is 0 Å². The molecule has 2 heterocycles. The van der Waals surface area contributed by atoms with Gasteiger partial charge in [-0.15, -0.1) is 5.10 Å². The fourth-order valence-electron chi connectivity index (χ4n) is 1.69. The molecule has 0 aromatic carbocycles. The molecule has 0 aliphatic heterocycles. The summed E-state index contributed by atoms with van der Waals surface area (Å²) in [6.45, 7) is 6.31. The Labute approximate surface area is 100 Å². The van der Waals surface area contributed by atoms with E-state index in [1.54, 1.807) is 4.52 Å². The fourth-order valence-corrected chi connectivity index (χ4v) is 1.96. The number of hydrogen-bond acceptors (Lipinski definition) is 2. The molecule has 16 heavy (non-hydrogen) atoms. The first-order valence-electron chi connectivity index (χ1n) is 5.67. The van der Waals surface area contributed by atoms with E-state index in [2.05, 4.69) is 36.9 Å². The Balaban J connectivity index is 2.54. The lowest BCUT2D eigenvalue weighted by molar-refractivity contribution is 0.765. The third-order valence-corrected chi connectivity index (χ3v) is 2.79. The van der Waals surface area contributed by atoms with Gasteiger partial charge in [0.15, 0.2) is 11.5 Å². The average Bonchev–Trinajstić information content (AvgIpc) is 2.62. The molecule has 0 aliphatic carbocycles. The number of aromatic nitrogens is 3. The molecule has 0 N–H and O–H groups in total. The van der Waals surface area contributed by atoms with E-state index in [9.17, 15) is 0 Å². The standard InChI is InChI=1S/C12H16ClN3/c1-4-5-9-6-10(13)16-11(7-9)14-12(15-16)8(2)3/h6-8H,4-5H2,1-3H3. The highest BCUT2D eigenvalue weighted by molar-refractivity contribution is 6.29. The Morgan fingerprint density at radius 2 is 2.12 bits per heavy atom. The van der Waals surface area contributed by atoms with Crippen LogP contribution in [0.4, 0.5) is 0 Å². The first kappa shape index (κ1) is 11.4. The van der Waals surface area contributed by atoms with Crippen molar-refractivity contribution >= 4 is 17.2 Å². The van der Waals surface area contributed by atoms with Crippen LogP contribution < -0.4 is 0 Å². The lowest BCUT2D eigenvalue weighted by Gasteiger charge is -2.00. The summed E-state index contributed by atoms with van der Waals surface area (Å²) in [5.41, 5.74) is 2.07. The van der Waals surface area contributed by atoms with Crippen molar-refractivity contribution in [1.82, 2.24) is 14.6 Å². The van der Waals surface area contributed by atoms with Gasteiger partial charge in [-0.25, -0.2) is 9.50 Å². The number of nitrogens with zero attached hydrogens (tertiary/aromatic N) is 3. The summed E-state index contributed by atoms with van der Waals surface area (Å²) in [4.78, 5) is 4.48. The van der Waals surface area contributed by atoms with Crippen LogP contribution in [0.15, 0.2) is 12.1 Å². The van der Waals surface area contributed by atoms with Gasteiger partial charge < -0.3 is 0 Å². The number of halogens is 1. The highest BCUT2D eigenvalue weighted by Gasteiger charge is 2.10. The summed E-state index contributed by atoms with van der Waals surface area (Å²) < 4.78 is 1.70. The summed E-state index contributed by atoms with van der Waals surface area (Å²) in [6, 6.07) is 4.03. The second-order valence-corrected chi connectivity index (χ2v) is 4.72. The van der Waals surface area contributed by atoms with Crippen molar-refractivity contribution in [2.45, 2.75) is 39.5 Å². The minimum Gasteiger partial charge on any atom is -0.212 e. The summed E-state index contributed by atoms with van der Waals surface area (Å²) in [6.07, 6.45) is 2.14. The van der Waals surface area contributed by atoms with Crippen LogP contribution in [0.25, 0.3) is 5.65 Å². The predicted molar refractivity (Wildman–Crippen MR) is 66.1 cm³/mol. The third kappa shape index (κ3) is 2.05. The molecule has 2 aromatic heterocycles. The Hall–Kier alpha value is -1.09. The molecule has 0 atom stereocenters. The molecule has 0 fully saturated rings. The molecule has 4 heteroatoms. The number of hydrogen-bond donors (Lipinski definition) is 0. The van der Waals surface area contributed by atoms with Gasteiger partial charge in [-0.05, 0) is 24.1 Å². The summed E-state index contributed by atoms with van der Waals surface area (Å²) >= 11 is 6.18. The second-order valence-electron chi connectivity index (χ2n) is 4.33. The van der Waals surface area contributed by atoms with Crippen molar-refractivity contribution < 1.29 is 0 Å². The molecular weight excluding hydrogens is 222 g/mol. The minimum atomic E-state index is 0.325. The van der Waals surface area contributed by atoms with Crippen LogP contribution in [0, 0.1) is 0 Å². The molecule has 0 bridgehead atoms. The van der Waals surface area contributed by atoms with Crippen molar-refractivity contribution in [2.75, 3.05) is 0 Å². The van der Waals surface area contributed by atoms with Gasteiger partial charge in [0.2, 0.25) is 0 Å². The lowest BCUT2D eigenvalue weighted by Crippen LogP contribution is -1.94. The fraction of sp³-hybridized carbons (Fsp3) is 0.500. The van der Waals surface area contributed by atoms with Crippen molar-refractivity contribution in [3.05, 3.63) is 28.7 Å². The van der Waals surface area contributed by atoms with E-state index in [-0.39, 0.29) is 0 Å². The van der Waals surface area contributed by atoms with E-state index in [0.717, 1.165) is 24.3 Å². The van der Waals surface area contributed by atoms with E-state index < -0.39 is 0 Å². The summed E-state index contributed by atoms with van der Waals surface area (Å²) in [7, 11) is 0. The van der Waals surface area contributed by atoms with Crippen LogP contribution in [0.2, 0.25) is 5.15 Å². The Bertz CT molecular complexity index is 502. The zero-order chi connectivity index (χ0) is 11.7. The van der Waals surface area contributed by atoms with Gasteiger partial charge in [0.1, 0.15) is 5.15 Å². The van der Waals surface area contributed by atoms with Crippen LogP contribution in [0.1, 0.15) is 44.5 Å². The van der Waals surface area contributed by atoms with E-state index in [1.165, 1.54) is 5.56 Å². The van der Waals surface area contributed by atoms with Gasteiger partial charge >= 0.3 is 0 Å². The van der Waals surface area contributed by atoms with Crippen LogP contribution >= 0.6 is 11.6 Å². The largest absolute Gasteiger partial charge is 0.212 e. The first-order chi connectivity index (χ1) is 7.61. The molecule has 3 nitrogen and oxygen atoms in total. The Morgan fingerprint density at radius 3 is 2.75 bits per heavy atom. The lowest BCUT2D eigenvalue weighted by atomic mass is 10.1. The maximum Gasteiger partial charge on any atom is 0.157 e. The molecule has 0 aliphatic rings. The topological polar surface area (TPSA) is 30.2 Å². The van der Waals surface area contributed by atoms with Crippen molar-refractivity contribution in [3.63, 3.8) is 0 Å².